The van der Waals surface area contributed by atoms with Gasteiger partial charge >= 0.3 is 18.8 Å². The van der Waals surface area contributed by atoms with Crippen LogP contribution in [0.3, 0.4) is 0 Å². The Labute approximate surface area is 320 Å². The number of sulfonamides is 1. The van der Waals surface area contributed by atoms with Crippen molar-refractivity contribution in [2.45, 2.75) is 18.7 Å². The number of nitrogens with zero attached hydrogens (tertiary/aromatic N) is 10. The molecule has 2 N–H and O–H groups in total. The van der Waals surface area contributed by atoms with Gasteiger partial charge in [0.25, 0.3) is 22.5 Å². The van der Waals surface area contributed by atoms with E-state index < -0.39 is 48.2 Å². The molecular weight excluding hydrogens is 782 g/mol. The molecule has 0 fully saturated rings. The molecule has 0 atom stereocenters. The normalized spacial score (nSPS) is 11.3. The molecule has 23 heteroatoms. The molecule has 6 aromatic rings. The van der Waals surface area contributed by atoms with Gasteiger partial charge in [-0.25, -0.2) is 13.6 Å². The molecular formula is C32H24CrN11O10S. The Kier molecular flexibility index (Phi) is 12.4. The van der Waals surface area contributed by atoms with Crippen molar-refractivity contribution in [3.63, 3.8) is 0 Å². The molecule has 4 aromatic carbocycles. The Morgan fingerprint density at radius 2 is 1.09 bits per heavy atom. The summed E-state index contributed by atoms with van der Waals surface area (Å²) in [4.78, 5) is 44.7. The van der Waals surface area contributed by atoms with Crippen molar-refractivity contribution in [3.05, 3.63) is 143 Å². The first-order valence-corrected chi connectivity index (χ1v) is 16.6. The molecule has 0 amide bonds. The molecule has 2 heterocycles. The molecule has 0 unspecified atom stereocenters. The number of primary sulfonamides is 1. The Balaban J connectivity index is 0.000000293. The average Bonchev–Trinajstić information content (AvgIpc) is 3.59. The minimum Gasteiger partial charge on any atom is -0.871 e. The second-order valence-electron chi connectivity index (χ2n) is 10.9. The number of nitrogens with two attached hydrogens (primary N) is 1. The van der Waals surface area contributed by atoms with Crippen LogP contribution in [0.15, 0.2) is 126 Å². The van der Waals surface area contributed by atoms with E-state index >= 15 is 0 Å². The quantitative estimate of drug-likeness (QED) is 0.124. The summed E-state index contributed by atoms with van der Waals surface area (Å²) in [6.45, 7) is 3.08. The number of nitro groups is 2. The van der Waals surface area contributed by atoms with Gasteiger partial charge in [0.1, 0.15) is 11.4 Å². The van der Waals surface area contributed by atoms with E-state index in [4.69, 9.17) is 5.14 Å². The summed E-state index contributed by atoms with van der Waals surface area (Å²) in [6, 6.07) is 20.3. The van der Waals surface area contributed by atoms with Crippen LogP contribution in [0.1, 0.15) is 12.8 Å². The third-order valence-electron chi connectivity index (χ3n) is 7.19. The molecule has 2 aromatic heterocycles. The van der Waals surface area contributed by atoms with Gasteiger partial charge in [0.2, 0.25) is 10.0 Å². The zero-order chi connectivity index (χ0) is 39.3. The van der Waals surface area contributed by atoms with E-state index in [1.807, 2.05) is 6.07 Å². The first kappa shape index (κ1) is 40.7. The van der Waals surface area contributed by atoms with Gasteiger partial charge in [-0.3, -0.25) is 29.8 Å². The second kappa shape index (κ2) is 16.7. The number of non-ortho nitro benzene ring substituents is 2. The van der Waals surface area contributed by atoms with Gasteiger partial charge in [-0.15, -0.1) is 21.6 Å². The van der Waals surface area contributed by atoms with E-state index in [1.165, 1.54) is 41.9 Å². The van der Waals surface area contributed by atoms with Gasteiger partial charge in [-0.05, 0) is 42.5 Å². The number of aryl methyl sites for hydroxylation is 2. The van der Waals surface area contributed by atoms with Gasteiger partial charge in [-0.1, -0.05) is 49.6 Å². The molecule has 279 valence electrons. The number of azo groups is 2. The van der Waals surface area contributed by atoms with Crippen molar-refractivity contribution < 1.29 is 47.3 Å². The Morgan fingerprint density at radius 3 is 1.51 bits per heavy atom. The first-order valence-electron chi connectivity index (χ1n) is 15.0. The number of para-hydroxylation sites is 1. The fourth-order valence-electron chi connectivity index (χ4n) is 4.54. The van der Waals surface area contributed by atoms with Crippen molar-refractivity contribution in [3.8, 4) is 22.9 Å². The Morgan fingerprint density at radius 1 is 0.655 bits per heavy atom. The van der Waals surface area contributed by atoms with E-state index in [0.717, 1.165) is 35.0 Å². The zero-order valence-corrected chi connectivity index (χ0v) is 30.2. The summed E-state index contributed by atoms with van der Waals surface area (Å²) < 4.78 is 25.1. The number of hydrogen-bond donors (Lipinski definition) is 1. The topological polar surface area (TPSA) is 314 Å². The largest absolute Gasteiger partial charge is 3.00 e. The van der Waals surface area contributed by atoms with E-state index in [0.29, 0.717) is 11.4 Å². The van der Waals surface area contributed by atoms with E-state index in [9.17, 15) is 48.4 Å². The molecule has 0 aliphatic heterocycles. The van der Waals surface area contributed by atoms with Crippen LogP contribution in [0.4, 0.5) is 34.1 Å². The van der Waals surface area contributed by atoms with Crippen LogP contribution >= 0.6 is 0 Å². The Hall–Kier alpha value is -7.06. The summed E-state index contributed by atoms with van der Waals surface area (Å²) in [5.41, 5.74) is -1.11. The van der Waals surface area contributed by atoms with E-state index in [1.54, 1.807) is 31.2 Å². The SMILES string of the molecule is Cc1[n-]n(-c2cccc(S(N)(=O)=O)c2)c(=O)c1N=Nc1ccc([N+](=O)[O-])cc1[O-].Cc1[n-]n(-c2ccccc2)c(=O)c1N=Nc1ccc([N+](=O)[O-])cc1[O-].[Cr+3].[H+]. The van der Waals surface area contributed by atoms with Gasteiger partial charge < -0.3 is 29.8 Å². The molecule has 0 bridgehead atoms. The number of benzene rings is 4. The van der Waals surface area contributed by atoms with Crippen molar-refractivity contribution in [2.24, 2.45) is 25.6 Å². The number of rotatable bonds is 9. The summed E-state index contributed by atoms with van der Waals surface area (Å²) in [5, 5.41) is 73.2. The molecule has 21 nitrogen and oxygen atoms in total. The summed E-state index contributed by atoms with van der Waals surface area (Å²) in [6.07, 6.45) is 0. The van der Waals surface area contributed by atoms with Gasteiger partial charge in [0.15, 0.2) is 0 Å². The fourth-order valence-corrected chi connectivity index (χ4v) is 5.10. The van der Waals surface area contributed by atoms with Crippen LogP contribution in [0.2, 0.25) is 0 Å². The molecule has 55 heavy (non-hydrogen) atoms. The molecule has 0 saturated heterocycles. The molecule has 0 aliphatic rings. The van der Waals surface area contributed by atoms with Crippen molar-refractivity contribution in [1.29, 1.82) is 0 Å². The number of hydrogen-bond acceptors (Lipinski definition) is 14. The smallest absolute Gasteiger partial charge is 0.871 e. The minimum absolute atomic E-state index is 0. The van der Waals surface area contributed by atoms with Crippen molar-refractivity contribution in [2.75, 3.05) is 0 Å². The van der Waals surface area contributed by atoms with Crippen LogP contribution in [-0.4, -0.2) is 27.6 Å². The molecule has 1 radical (unpaired) electrons. The van der Waals surface area contributed by atoms with E-state index in [-0.39, 0.29) is 63.5 Å². The summed E-state index contributed by atoms with van der Waals surface area (Å²) in [5.74, 6) is -1.39. The molecule has 0 aliphatic carbocycles. The molecule has 0 spiro atoms. The molecule has 0 saturated carbocycles. The van der Waals surface area contributed by atoms with Gasteiger partial charge in [-0.2, -0.15) is 10.2 Å². The third-order valence-corrected chi connectivity index (χ3v) is 8.10. The monoisotopic (exact) mass is 806 g/mol. The predicted octanol–water partition coefficient (Wildman–Crippen LogP) is 3.76. The second-order valence-corrected chi connectivity index (χ2v) is 12.5. The van der Waals surface area contributed by atoms with Crippen LogP contribution in [0.5, 0.6) is 11.5 Å². The maximum absolute atomic E-state index is 12.6. The number of nitro benzene ring substituents is 2. The fraction of sp³-hybridized carbons (Fsp3) is 0.0625. The van der Waals surface area contributed by atoms with E-state index in [2.05, 4.69) is 30.7 Å². The van der Waals surface area contributed by atoms with Crippen LogP contribution in [0.25, 0.3) is 11.4 Å². The average molecular weight is 807 g/mol. The summed E-state index contributed by atoms with van der Waals surface area (Å²) in [7, 11) is -3.98. The number of aromatic nitrogens is 4. The minimum atomic E-state index is -3.98. The first-order chi connectivity index (χ1) is 25.5. The van der Waals surface area contributed by atoms with Crippen LogP contribution < -0.4 is 36.7 Å². The van der Waals surface area contributed by atoms with Crippen LogP contribution in [-0.2, 0) is 27.4 Å². The predicted molar refractivity (Wildman–Crippen MR) is 186 cm³/mol. The summed E-state index contributed by atoms with van der Waals surface area (Å²) >= 11 is 0. The van der Waals surface area contributed by atoms with Gasteiger partial charge in [0.05, 0.1) is 26.1 Å². The molecule has 6 rings (SSSR count). The van der Waals surface area contributed by atoms with Crippen LogP contribution in [0, 0.1) is 34.1 Å². The Bertz CT molecular complexity index is 2710. The maximum atomic E-state index is 12.6. The third kappa shape index (κ3) is 9.31. The van der Waals surface area contributed by atoms with Crippen molar-refractivity contribution >= 4 is 44.1 Å². The maximum Gasteiger partial charge on any atom is 3.00 e. The van der Waals surface area contributed by atoms with Gasteiger partial charge in [0, 0.05) is 35.6 Å². The van der Waals surface area contributed by atoms with Crippen molar-refractivity contribution in [1.82, 2.24) is 19.6 Å². The zero-order valence-electron chi connectivity index (χ0n) is 29.1. The standard InChI is InChI=1S/C16H14N6O6S.C16H13N5O4.Cr/c1-9-15(19-18-13-6-5-11(22(25)26)8-14(13)23)16(24)21(20-9)10-3-2-4-12(7-10)29(17,27)28;1-10-15(16(23)20(19-10)11-5-3-2-4-6-11)18-17-13-8-7-12(21(24)25)9-14(13)22;/h2-8H,1H3,(H4,17,18,19,20,23,24,27,28);2-9H,1H3,(H2,17,18,19,22,23);/q;;+3/p-3.